The predicted molar refractivity (Wildman–Crippen MR) is 73.1 cm³/mol. The third-order valence-corrected chi connectivity index (χ3v) is 3.84. The number of nitrogens with zero attached hydrogens (tertiary/aromatic N) is 1. The molecule has 0 amide bonds. The summed E-state index contributed by atoms with van der Waals surface area (Å²) in [6, 6.07) is 14.7. The summed E-state index contributed by atoms with van der Waals surface area (Å²) < 4.78 is 26.7. The second-order valence-corrected chi connectivity index (χ2v) is 5.43. The molecule has 0 bridgehead atoms. The molecule has 6 heteroatoms. The first kappa shape index (κ1) is 13.1. The van der Waals surface area contributed by atoms with Crippen LogP contribution in [0.5, 0.6) is 0 Å². The van der Waals surface area contributed by atoms with E-state index < -0.39 is 10.0 Å². The van der Waals surface area contributed by atoms with Gasteiger partial charge in [0.1, 0.15) is 0 Å². The molecular weight excluding hydrogens is 264 g/mol. The third-order valence-electron chi connectivity index (χ3n) is 2.46. The lowest BCUT2D eigenvalue weighted by atomic mass is 10.2. The zero-order chi connectivity index (χ0) is 13.7. The summed E-state index contributed by atoms with van der Waals surface area (Å²) in [6.07, 6.45) is 1.17. The summed E-state index contributed by atoms with van der Waals surface area (Å²) in [7, 11) is -3.65. The van der Waals surface area contributed by atoms with Gasteiger partial charge in [0.15, 0.2) is 0 Å². The monoisotopic (exact) mass is 276 g/mol. The molecule has 98 valence electrons. The van der Waals surface area contributed by atoms with Gasteiger partial charge in [-0.1, -0.05) is 41.6 Å². The minimum Gasteiger partial charge on any atom is -0.411 e. The number of benzene rings is 2. The molecule has 0 saturated carbocycles. The maximum atomic E-state index is 12.1. The van der Waals surface area contributed by atoms with Crippen molar-refractivity contribution in [3.8, 4) is 0 Å². The molecule has 0 aliphatic rings. The Morgan fingerprint density at radius 2 is 1.63 bits per heavy atom. The van der Waals surface area contributed by atoms with Crippen LogP contribution >= 0.6 is 0 Å². The van der Waals surface area contributed by atoms with Crippen LogP contribution in [0.4, 0.5) is 5.69 Å². The van der Waals surface area contributed by atoms with Gasteiger partial charge >= 0.3 is 0 Å². The van der Waals surface area contributed by atoms with Crippen molar-refractivity contribution in [2.75, 3.05) is 4.72 Å². The first-order valence-corrected chi connectivity index (χ1v) is 6.96. The van der Waals surface area contributed by atoms with E-state index in [0.717, 1.165) is 0 Å². The molecule has 2 N–H and O–H groups in total. The fourth-order valence-corrected chi connectivity index (χ4v) is 2.68. The van der Waals surface area contributed by atoms with Crippen LogP contribution in [0.1, 0.15) is 5.56 Å². The summed E-state index contributed by atoms with van der Waals surface area (Å²) in [4.78, 5) is 0.172. The Morgan fingerprint density at radius 3 is 2.32 bits per heavy atom. The van der Waals surface area contributed by atoms with Crippen molar-refractivity contribution in [1.29, 1.82) is 0 Å². The summed E-state index contributed by atoms with van der Waals surface area (Å²) in [5.41, 5.74) is 0.827. The van der Waals surface area contributed by atoms with E-state index in [1.54, 1.807) is 42.5 Å². The molecule has 0 radical (unpaired) electrons. The summed E-state index contributed by atoms with van der Waals surface area (Å²) in [6.45, 7) is 0. The van der Waals surface area contributed by atoms with Crippen molar-refractivity contribution < 1.29 is 13.6 Å². The van der Waals surface area contributed by atoms with Gasteiger partial charge in [-0.15, -0.1) is 0 Å². The van der Waals surface area contributed by atoms with Crippen molar-refractivity contribution in [2.45, 2.75) is 4.90 Å². The highest BCUT2D eigenvalue weighted by Crippen LogP contribution is 2.18. The summed E-state index contributed by atoms with van der Waals surface area (Å²) in [5.74, 6) is 0. The molecule has 0 heterocycles. The Balaban J connectivity index is 2.36. The van der Waals surface area contributed by atoms with Crippen LogP contribution in [0.25, 0.3) is 0 Å². The van der Waals surface area contributed by atoms with Gasteiger partial charge in [0.05, 0.1) is 16.8 Å². The SMILES string of the molecule is O=S(=O)(Nc1ccccc1/C=N/O)c1ccccc1. The number of nitrogens with one attached hydrogen (secondary N) is 1. The normalized spacial score (nSPS) is 11.6. The molecule has 0 saturated heterocycles. The molecule has 2 aromatic carbocycles. The number of oxime groups is 1. The van der Waals surface area contributed by atoms with E-state index in [2.05, 4.69) is 9.88 Å². The van der Waals surface area contributed by atoms with Gasteiger partial charge in [-0.2, -0.15) is 0 Å². The largest absolute Gasteiger partial charge is 0.411 e. The number of hydrogen-bond acceptors (Lipinski definition) is 4. The van der Waals surface area contributed by atoms with Crippen LogP contribution in [0.3, 0.4) is 0 Å². The van der Waals surface area contributed by atoms with Gasteiger partial charge in [0, 0.05) is 5.56 Å². The minimum atomic E-state index is -3.65. The lowest BCUT2D eigenvalue weighted by Gasteiger charge is -2.09. The first-order valence-electron chi connectivity index (χ1n) is 5.48. The molecule has 0 aromatic heterocycles. The quantitative estimate of drug-likeness (QED) is 0.511. The second-order valence-electron chi connectivity index (χ2n) is 3.75. The van der Waals surface area contributed by atoms with Crippen molar-refractivity contribution >= 4 is 21.9 Å². The average Bonchev–Trinajstić information content (AvgIpc) is 2.42. The topological polar surface area (TPSA) is 78.8 Å². The lowest BCUT2D eigenvalue weighted by Crippen LogP contribution is -2.14. The van der Waals surface area contributed by atoms with E-state index >= 15 is 0 Å². The van der Waals surface area contributed by atoms with Gasteiger partial charge in [-0.3, -0.25) is 4.72 Å². The number of sulfonamides is 1. The fraction of sp³-hybridized carbons (Fsp3) is 0. The average molecular weight is 276 g/mol. The highest BCUT2D eigenvalue weighted by molar-refractivity contribution is 7.92. The zero-order valence-electron chi connectivity index (χ0n) is 9.89. The number of rotatable bonds is 4. The van der Waals surface area contributed by atoms with Crippen LogP contribution in [-0.4, -0.2) is 19.8 Å². The Bertz CT molecular complexity index is 682. The molecule has 2 rings (SSSR count). The Morgan fingerprint density at radius 1 is 1.00 bits per heavy atom. The minimum absolute atomic E-state index is 0.172. The van der Waals surface area contributed by atoms with E-state index in [4.69, 9.17) is 5.21 Å². The van der Waals surface area contributed by atoms with E-state index in [-0.39, 0.29) is 4.90 Å². The molecule has 0 aliphatic carbocycles. The van der Waals surface area contributed by atoms with Crippen LogP contribution in [0.2, 0.25) is 0 Å². The number of hydrogen-bond donors (Lipinski definition) is 2. The molecule has 0 unspecified atom stereocenters. The number of para-hydroxylation sites is 1. The highest BCUT2D eigenvalue weighted by Gasteiger charge is 2.14. The van der Waals surface area contributed by atoms with Crippen LogP contribution in [0.15, 0.2) is 64.6 Å². The Kier molecular flexibility index (Phi) is 3.82. The van der Waals surface area contributed by atoms with Gasteiger partial charge in [0.25, 0.3) is 10.0 Å². The molecule has 0 fully saturated rings. The predicted octanol–water partition coefficient (Wildman–Crippen LogP) is 2.30. The van der Waals surface area contributed by atoms with Gasteiger partial charge in [0.2, 0.25) is 0 Å². The highest BCUT2D eigenvalue weighted by atomic mass is 32.2. The molecule has 5 nitrogen and oxygen atoms in total. The third kappa shape index (κ3) is 3.11. The Hall–Kier alpha value is -2.34. The maximum Gasteiger partial charge on any atom is 0.261 e. The lowest BCUT2D eigenvalue weighted by molar-refractivity contribution is 0.322. The van der Waals surface area contributed by atoms with E-state index in [0.29, 0.717) is 11.3 Å². The Labute approximate surface area is 111 Å². The fourth-order valence-electron chi connectivity index (χ4n) is 1.57. The molecule has 0 atom stereocenters. The van der Waals surface area contributed by atoms with Gasteiger partial charge in [-0.25, -0.2) is 8.42 Å². The zero-order valence-corrected chi connectivity index (χ0v) is 10.7. The number of anilines is 1. The second kappa shape index (κ2) is 5.53. The van der Waals surface area contributed by atoms with Crippen molar-refractivity contribution in [3.63, 3.8) is 0 Å². The molecule has 2 aromatic rings. The first-order chi connectivity index (χ1) is 9.13. The van der Waals surface area contributed by atoms with E-state index in [1.165, 1.54) is 18.3 Å². The smallest absolute Gasteiger partial charge is 0.261 e. The molecule has 0 aliphatic heterocycles. The van der Waals surface area contributed by atoms with Crippen LogP contribution in [0, 0.1) is 0 Å². The van der Waals surface area contributed by atoms with E-state index in [9.17, 15) is 8.42 Å². The van der Waals surface area contributed by atoms with Crippen molar-refractivity contribution in [3.05, 3.63) is 60.2 Å². The molecular formula is C13H12N2O3S. The van der Waals surface area contributed by atoms with E-state index in [1.807, 2.05) is 0 Å². The van der Waals surface area contributed by atoms with Crippen LogP contribution < -0.4 is 4.72 Å². The van der Waals surface area contributed by atoms with Gasteiger partial charge < -0.3 is 5.21 Å². The maximum absolute atomic E-state index is 12.1. The summed E-state index contributed by atoms with van der Waals surface area (Å²) >= 11 is 0. The molecule has 19 heavy (non-hydrogen) atoms. The summed E-state index contributed by atoms with van der Waals surface area (Å²) in [5, 5.41) is 11.5. The van der Waals surface area contributed by atoms with Crippen LogP contribution in [-0.2, 0) is 10.0 Å². The molecule has 0 spiro atoms. The van der Waals surface area contributed by atoms with Crippen molar-refractivity contribution in [1.82, 2.24) is 0 Å². The van der Waals surface area contributed by atoms with Crippen molar-refractivity contribution in [2.24, 2.45) is 5.16 Å². The van der Waals surface area contributed by atoms with Gasteiger partial charge in [-0.05, 0) is 18.2 Å². The standard InChI is InChI=1S/C13H12N2O3S/c16-14-10-11-6-4-5-9-13(11)15-19(17,18)12-7-2-1-3-8-12/h1-10,15-16H/b14-10+.